The van der Waals surface area contributed by atoms with Gasteiger partial charge < -0.3 is 19.7 Å². The van der Waals surface area contributed by atoms with Crippen LogP contribution < -0.4 is 19.1 Å². The predicted molar refractivity (Wildman–Crippen MR) is 175 cm³/mol. The fourth-order valence-corrected chi connectivity index (χ4v) is 6.47. The molecule has 0 saturated heterocycles. The van der Waals surface area contributed by atoms with E-state index in [1.54, 1.807) is 25.1 Å². The smallest absolute Gasteiger partial charge is 0.264 e. The van der Waals surface area contributed by atoms with Gasteiger partial charge in [0.05, 0.1) is 24.8 Å². The second-order valence-corrected chi connectivity index (χ2v) is 14.1. The van der Waals surface area contributed by atoms with Gasteiger partial charge in [-0.1, -0.05) is 47.8 Å². The van der Waals surface area contributed by atoms with Crippen molar-refractivity contribution >= 4 is 62.3 Å². The van der Waals surface area contributed by atoms with Crippen molar-refractivity contribution in [2.75, 3.05) is 25.1 Å². The van der Waals surface area contributed by atoms with Gasteiger partial charge in [0.25, 0.3) is 10.0 Å². The lowest BCUT2D eigenvalue weighted by molar-refractivity contribution is -0.141. The third-order valence-corrected chi connectivity index (χ3v) is 9.19. The number of nitrogens with zero attached hydrogens (tertiary/aromatic N) is 2. The number of methoxy groups -OCH3 is 2. The zero-order valence-corrected chi connectivity index (χ0v) is 28.4. The Balaban J connectivity index is 2.13. The van der Waals surface area contributed by atoms with Crippen LogP contribution in [0.25, 0.3) is 0 Å². The average molecular weight is 685 g/mol. The van der Waals surface area contributed by atoms with E-state index in [1.807, 2.05) is 20.8 Å². The van der Waals surface area contributed by atoms with Gasteiger partial charge >= 0.3 is 0 Å². The van der Waals surface area contributed by atoms with Crippen molar-refractivity contribution in [3.63, 3.8) is 0 Å². The van der Waals surface area contributed by atoms with Gasteiger partial charge in [-0.25, -0.2) is 8.42 Å². The lowest BCUT2D eigenvalue weighted by Gasteiger charge is -2.35. The molecule has 0 radical (unpaired) electrons. The maximum absolute atomic E-state index is 14.2. The van der Waals surface area contributed by atoms with Crippen LogP contribution in [-0.4, -0.2) is 57.5 Å². The quantitative estimate of drug-likeness (QED) is 0.231. The number of nitrogens with one attached hydrogen (secondary N) is 1. The molecule has 3 aromatic rings. The van der Waals surface area contributed by atoms with Crippen LogP contribution in [0.15, 0.2) is 65.6 Å². The van der Waals surface area contributed by atoms with Crippen LogP contribution in [0.1, 0.15) is 39.7 Å². The van der Waals surface area contributed by atoms with Crippen molar-refractivity contribution in [1.82, 2.24) is 10.2 Å². The Labute approximate surface area is 274 Å². The molecule has 2 amide bonds. The molecule has 0 spiro atoms. The maximum atomic E-state index is 14.2. The topological polar surface area (TPSA) is 105 Å². The van der Waals surface area contributed by atoms with Crippen molar-refractivity contribution in [2.45, 2.75) is 57.1 Å². The van der Waals surface area contributed by atoms with Crippen molar-refractivity contribution in [1.29, 1.82) is 0 Å². The summed E-state index contributed by atoms with van der Waals surface area (Å²) < 4.78 is 39.9. The van der Waals surface area contributed by atoms with E-state index in [4.69, 9.17) is 44.3 Å². The van der Waals surface area contributed by atoms with E-state index >= 15 is 0 Å². The monoisotopic (exact) mass is 683 g/mol. The number of hydrogen-bond donors (Lipinski definition) is 1. The number of carbonyl (C=O) groups is 2. The van der Waals surface area contributed by atoms with Gasteiger partial charge in [-0.15, -0.1) is 0 Å². The van der Waals surface area contributed by atoms with Crippen molar-refractivity contribution in [3.8, 4) is 11.5 Å². The SMILES string of the molecule is CC[C@@H](C(=O)NC(C)(C)C)N(Cc1ccc(Cl)cc1Cl)C(=O)CN(c1ccc(Cl)cc1)S(=O)(=O)c1ccc(OC)c(OC)c1. The Bertz CT molecular complexity index is 1590. The van der Waals surface area contributed by atoms with Gasteiger partial charge in [0.15, 0.2) is 11.5 Å². The Hall–Kier alpha value is -3.18. The molecule has 1 N–H and O–H groups in total. The lowest BCUT2D eigenvalue weighted by Crippen LogP contribution is -2.55. The zero-order chi connectivity index (χ0) is 32.8. The number of sulfonamides is 1. The first-order valence-corrected chi connectivity index (χ1v) is 16.2. The minimum Gasteiger partial charge on any atom is -0.493 e. The molecule has 0 unspecified atom stereocenters. The van der Waals surface area contributed by atoms with E-state index in [2.05, 4.69) is 5.32 Å². The summed E-state index contributed by atoms with van der Waals surface area (Å²) in [6, 6.07) is 14.1. The van der Waals surface area contributed by atoms with Crippen LogP contribution in [0.2, 0.25) is 15.1 Å². The van der Waals surface area contributed by atoms with Crippen molar-refractivity contribution < 1.29 is 27.5 Å². The predicted octanol–water partition coefficient (Wildman–Crippen LogP) is 6.58. The van der Waals surface area contributed by atoms with Crippen LogP contribution >= 0.6 is 34.8 Å². The number of benzene rings is 3. The van der Waals surface area contributed by atoms with Crippen LogP contribution in [0.5, 0.6) is 11.5 Å². The Kier molecular flexibility index (Phi) is 11.8. The van der Waals surface area contributed by atoms with Gasteiger partial charge in [-0.2, -0.15) is 0 Å². The molecule has 9 nitrogen and oxygen atoms in total. The highest BCUT2D eigenvalue weighted by Gasteiger charge is 2.35. The van der Waals surface area contributed by atoms with E-state index in [9.17, 15) is 18.0 Å². The summed E-state index contributed by atoms with van der Waals surface area (Å²) in [5.74, 6) is -0.493. The Morgan fingerprint density at radius 3 is 2.05 bits per heavy atom. The van der Waals surface area contributed by atoms with Gasteiger partial charge in [0.1, 0.15) is 12.6 Å². The number of rotatable bonds is 12. The molecular formula is C31H36Cl3N3O6S. The molecule has 1 atom stereocenters. The Morgan fingerprint density at radius 2 is 1.50 bits per heavy atom. The standard InChI is InChI=1S/C31H36Cl3N3O6S/c1-7-26(30(39)35-31(2,3)4)36(18-20-8-9-22(33)16-25(20)34)29(38)19-37(23-12-10-21(32)11-13-23)44(40,41)24-14-15-27(42-5)28(17-24)43-6/h8-17,26H,7,18-19H2,1-6H3,(H,35,39)/t26-/m0/s1. The third-order valence-electron chi connectivity index (χ3n) is 6.58. The molecule has 0 saturated carbocycles. The molecule has 0 aliphatic carbocycles. The van der Waals surface area contributed by atoms with Crippen LogP contribution in [0.3, 0.4) is 0 Å². The summed E-state index contributed by atoms with van der Waals surface area (Å²) in [4.78, 5) is 28.9. The summed E-state index contributed by atoms with van der Waals surface area (Å²) in [5.41, 5.74) is 0.143. The summed E-state index contributed by atoms with van der Waals surface area (Å²) in [7, 11) is -1.53. The fourth-order valence-electron chi connectivity index (χ4n) is 4.45. The molecule has 0 aliphatic heterocycles. The first-order valence-electron chi connectivity index (χ1n) is 13.7. The Morgan fingerprint density at radius 1 is 0.886 bits per heavy atom. The van der Waals surface area contributed by atoms with E-state index in [1.165, 1.54) is 61.6 Å². The minimum absolute atomic E-state index is 0.0736. The van der Waals surface area contributed by atoms with Gasteiger partial charge in [-0.05, 0) is 81.3 Å². The van der Waals surface area contributed by atoms with Gasteiger partial charge in [0.2, 0.25) is 11.8 Å². The molecule has 44 heavy (non-hydrogen) atoms. The van der Waals surface area contributed by atoms with Crippen molar-refractivity contribution in [2.24, 2.45) is 0 Å². The van der Waals surface area contributed by atoms with Crippen LogP contribution in [0.4, 0.5) is 5.69 Å². The normalized spacial score (nSPS) is 12.3. The van der Waals surface area contributed by atoms with E-state index in [0.29, 0.717) is 26.4 Å². The van der Waals surface area contributed by atoms with Crippen molar-refractivity contribution in [3.05, 3.63) is 81.3 Å². The number of ether oxygens (including phenoxy) is 2. The van der Waals surface area contributed by atoms with Gasteiger partial charge in [0, 0.05) is 33.2 Å². The molecule has 0 bridgehead atoms. The number of anilines is 1. The highest BCUT2D eigenvalue weighted by molar-refractivity contribution is 7.92. The number of amides is 2. The lowest BCUT2D eigenvalue weighted by atomic mass is 10.1. The van der Waals surface area contributed by atoms with E-state index < -0.39 is 34.1 Å². The van der Waals surface area contributed by atoms with E-state index in [-0.39, 0.29) is 35.2 Å². The molecule has 0 aromatic heterocycles. The van der Waals surface area contributed by atoms with E-state index in [0.717, 1.165) is 4.31 Å². The maximum Gasteiger partial charge on any atom is 0.264 e. The number of hydrogen-bond acceptors (Lipinski definition) is 6. The molecule has 0 heterocycles. The summed E-state index contributed by atoms with van der Waals surface area (Å²) >= 11 is 18.7. The molecule has 0 fully saturated rings. The molecule has 0 aliphatic rings. The van der Waals surface area contributed by atoms with Gasteiger partial charge in [-0.3, -0.25) is 13.9 Å². The number of halogens is 3. The highest BCUT2D eigenvalue weighted by atomic mass is 35.5. The second-order valence-electron chi connectivity index (χ2n) is 10.9. The minimum atomic E-state index is -4.36. The largest absolute Gasteiger partial charge is 0.493 e. The summed E-state index contributed by atoms with van der Waals surface area (Å²) in [6.45, 7) is 6.56. The molecular weight excluding hydrogens is 649 g/mol. The fraction of sp³-hybridized carbons (Fsp3) is 0.355. The van der Waals surface area contributed by atoms with Crippen LogP contribution in [-0.2, 0) is 26.2 Å². The summed E-state index contributed by atoms with van der Waals surface area (Å²) in [6.07, 6.45) is 0.252. The third kappa shape index (κ3) is 8.72. The molecule has 13 heteroatoms. The first kappa shape index (κ1) is 35.3. The number of carbonyl (C=O) groups excluding carboxylic acids is 2. The molecule has 3 rings (SSSR count). The molecule has 3 aromatic carbocycles. The zero-order valence-electron chi connectivity index (χ0n) is 25.4. The van der Waals surface area contributed by atoms with Crippen LogP contribution in [0, 0.1) is 0 Å². The second kappa shape index (κ2) is 14.7. The summed E-state index contributed by atoms with van der Waals surface area (Å²) in [5, 5.41) is 4.01. The average Bonchev–Trinajstić information content (AvgIpc) is 2.95. The first-order chi connectivity index (χ1) is 20.6. The molecule has 238 valence electrons. The highest BCUT2D eigenvalue weighted by Crippen LogP contribution is 2.33.